The van der Waals surface area contributed by atoms with Gasteiger partial charge in [0.25, 0.3) is 0 Å². The van der Waals surface area contributed by atoms with E-state index in [2.05, 4.69) is 24.9 Å². The van der Waals surface area contributed by atoms with E-state index in [1.807, 2.05) is 4.90 Å². The smallest absolute Gasteiger partial charge is 0.354 e. The van der Waals surface area contributed by atoms with Crippen LogP contribution in [0.1, 0.15) is 30.8 Å². The molecule has 0 bridgehead atoms. The standard InChI is InChI=1S/C13H17N3O2/c1-10(2)9-16(7-3-6-14)11-4-5-12(13(17)18)15-8-11/h4-5,8,10H,3,7,9H2,1-2H3,(H,17,18). The third kappa shape index (κ3) is 4.06. The van der Waals surface area contributed by atoms with Gasteiger partial charge in [-0.2, -0.15) is 5.26 Å². The number of carbonyl (C=O) groups is 1. The van der Waals surface area contributed by atoms with Crippen molar-refractivity contribution in [2.45, 2.75) is 20.3 Å². The van der Waals surface area contributed by atoms with Crippen molar-refractivity contribution in [2.75, 3.05) is 18.0 Å². The molecule has 1 rings (SSSR count). The fourth-order valence-corrected chi connectivity index (χ4v) is 1.65. The Bertz CT molecular complexity index is 435. The summed E-state index contributed by atoms with van der Waals surface area (Å²) in [7, 11) is 0. The Kier molecular flexibility index (Phi) is 5.12. The van der Waals surface area contributed by atoms with Gasteiger partial charge in [0.1, 0.15) is 5.69 Å². The van der Waals surface area contributed by atoms with E-state index in [4.69, 9.17) is 10.4 Å². The van der Waals surface area contributed by atoms with Crippen LogP contribution in [0.3, 0.4) is 0 Å². The van der Waals surface area contributed by atoms with E-state index >= 15 is 0 Å². The van der Waals surface area contributed by atoms with Gasteiger partial charge in [-0.25, -0.2) is 9.78 Å². The zero-order valence-corrected chi connectivity index (χ0v) is 10.6. The Morgan fingerprint density at radius 3 is 2.72 bits per heavy atom. The van der Waals surface area contributed by atoms with Gasteiger partial charge >= 0.3 is 5.97 Å². The van der Waals surface area contributed by atoms with E-state index in [-0.39, 0.29) is 5.69 Å². The molecule has 1 aromatic rings. The van der Waals surface area contributed by atoms with E-state index in [1.54, 1.807) is 12.3 Å². The number of hydrogen-bond acceptors (Lipinski definition) is 4. The summed E-state index contributed by atoms with van der Waals surface area (Å²) >= 11 is 0. The number of carboxylic acid groups (broad SMARTS) is 1. The normalized spacial score (nSPS) is 10.1. The summed E-state index contributed by atoms with van der Waals surface area (Å²) in [5, 5.41) is 17.4. The fraction of sp³-hybridized carbons (Fsp3) is 0.462. The third-order valence-corrected chi connectivity index (χ3v) is 2.41. The highest BCUT2D eigenvalue weighted by atomic mass is 16.4. The molecule has 0 saturated heterocycles. The molecule has 0 fully saturated rings. The first-order valence-corrected chi connectivity index (χ1v) is 5.86. The predicted octanol–water partition coefficient (Wildman–Crippen LogP) is 2.16. The van der Waals surface area contributed by atoms with Gasteiger partial charge in [0.15, 0.2) is 0 Å². The third-order valence-electron chi connectivity index (χ3n) is 2.41. The first kappa shape index (κ1) is 14.0. The van der Waals surface area contributed by atoms with Crippen molar-refractivity contribution >= 4 is 11.7 Å². The number of carboxylic acids is 1. The Balaban J connectivity index is 2.84. The molecule has 0 atom stereocenters. The van der Waals surface area contributed by atoms with Crippen molar-refractivity contribution in [3.05, 3.63) is 24.0 Å². The van der Waals surface area contributed by atoms with Crippen molar-refractivity contribution in [3.63, 3.8) is 0 Å². The number of pyridine rings is 1. The summed E-state index contributed by atoms with van der Waals surface area (Å²) in [5.41, 5.74) is 0.882. The molecule has 0 aliphatic heterocycles. The Hall–Kier alpha value is -2.09. The molecule has 0 aliphatic rings. The number of anilines is 1. The Morgan fingerprint density at radius 1 is 1.56 bits per heavy atom. The molecule has 18 heavy (non-hydrogen) atoms. The molecule has 0 spiro atoms. The van der Waals surface area contributed by atoms with Gasteiger partial charge < -0.3 is 10.0 Å². The number of nitriles is 1. The number of hydrogen-bond donors (Lipinski definition) is 1. The molecular formula is C13H17N3O2. The molecule has 96 valence electrons. The lowest BCUT2D eigenvalue weighted by molar-refractivity contribution is 0.0690. The molecule has 0 unspecified atom stereocenters. The van der Waals surface area contributed by atoms with E-state index in [0.29, 0.717) is 18.9 Å². The zero-order valence-electron chi connectivity index (χ0n) is 10.6. The van der Waals surface area contributed by atoms with Crippen molar-refractivity contribution in [1.29, 1.82) is 5.26 Å². The van der Waals surface area contributed by atoms with Gasteiger partial charge in [-0.1, -0.05) is 13.8 Å². The number of rotatable bonds is 6. The molecule has 0 amide bonds. The summed E-state index contributed by atoms with van der Waals surface area (Å²) in [6.45, 7) is 5.63. The highest BCUT2D eigenvalue weighted by Gasteiger charge is 2.10. The average Bonchev–Trinajstić information content (AvgIpc) is 2.34. The second kappa shape index (κ2) is 6.60. The summed E-state index contributed by atoms with van der Waals surface area (Å²) in [6, 6.07) is 5.33. The van der Waals surface area contributed by atoms with Crippen molar-refractivity contribution < 1.29 is 9.90 Å². The quantitative estimate of drug-likeness (QED) is 0.833. The summed E-state index contributed by atoms with van der Waals surface area (Å²) in [6.07, 6.45) is 1.98. The molecule has 1 heterocycles. The monoisotopic (exact) mass is 247 g/mol. The molecule has 0 saturated carbocycles. The minimum Gasteiger partial charge on any atom is -0.477 e. The molecule has 5 heteroatoms. The van der Waals surface area contributed by atoms with Crippen molar-refractivity contribution in [2.24, 2.45) is 5.92 Å². The topological polar surface area (TPSA) is 77.2 Å². The van der Waals surface area contributed by atoms with Crippen LogP contribution < -0.4 is 4.90 Å². The average molecular weight is 247 g/mol. The lowest BCUT2D eigenvalue weighted by Gasteiger charge is -2.25. The Labute approximate surface area is 107 Å². The number of aromatic nitrogens is 1. The van der Waals surface area contributed by atoms with Crippen LogP contribution >= 0.6 is 0 Å². The summed E-state index contributed by atoms with van der Waals surface area (Å²) in [5.74, 6) is -0.572. The van der Waals surface area contributed by atoms with Crippen LogP contribution in [0.4, 0.5) is 5.69 Å². The van der Waals surface area contributed by atoms with Gasteiger partial charge in [-0.05, 0) is 18.1 Å². The highest BCUT2D eigenvalue weighted by molar-refractivity contribution is 5.85. The molecule has 5 nitrogen and oxygen atoms in total. The predicted molar refractivity (Wildman–Crippen MR) is 68.5 cm³/mol. The van der Waals surface area contributed by atoms with Crippen LogP contribution in [0.25, 0.3) is 0 Å². The maximum atomic E-state index is 10.7. The van der Waals surface area contributed by atoms with Crippen LogP contribution in [-0.2, 0) is 0 Å². The second-order valence-corrected chi connectivity index (χ2v) is 4.45. The maximum absolute atomic E-state index is 10.7. The van der Waals surface area contributed by atoms with Gasteiger partial charge in [-0.15, -0.1) is 0 Å². The Morgan fingerprint density at radius 2 is 2.28 bits per heavy atom. The van der Waals surface area contributed by atoms with Crippen molar-refractivity contribution in [1.82, 2.24) is 4.98 Å². The minimum atomic E-state index is -1.03. The molecule has 0 aromatic carbocycles. The zero-order chi connectivity index (χ0) is 13.5. The second-order valence-electron chi connectivity index (χ2n) is 4.45. The lowest BCUT2D eigenvalue weighted by Crippen LogP contribution is -2.28. The minimum absolute atomic E-state index is 0.0310. The van der Waals surface area contributed by atoms with E-state index in [0.717, 1.165) is 12.2 Å². The first-order valence-electron chi connectivity index (χ1n) is 5.86. The SMILES string of the molecule is CC(C)CN(CCC#N)c1ccc(C(=O)O)nc1. The lowest BCUT2D eigenvalue weighted by atomic mass is 10.2. The van der Waals surface area contributed by atoms with E-state index in [1.165, 1.54) is 6.07 Å². The van der Waals surface area contributed by atoms with Crippen LogP contribution in [-0.4, -0.2) is 29.1 Å². The first-order chi connectivity index (χ1) is 8.54. The highest BCUT2D eigenvalue weighted by Crippen LogP contribution is 2.15. The van der Waals surface area contributed by atoms with Crippen LogP contribution in [0.2, 0.25) is 0 Å². The van der Waals surface area contributed by atoms with Crippen LogP contribution in [0.5, 0.6) is 0 Å². The largest absolute Gasteiger partial charge is 0.477 e. The van der Waals surface area contributed by atoms with Gasteiger partial charge in [-0.3, -0.25) is 0 Å². The van der Waals surface area contributed by atoms with Gasteiger partial charge in [0.05, 0.1) is 24.4 Å². The van der Waals surface area contributed by atoms with E-state index < -0.39 is 5.97 Å². The van der Waals surface area contributed by atoms with Gasteiger partial charge in [0, 0.05) is 13.1 Å². The molecule has 0 radical (unpaired) electrons. The molecule has 1 aromatic heterocycles. The molecule has 0 aliphatic carbocycles. The fourth-order valence-electron chi connectivity index (χ4n) is 1.65. The number of nitrogens with zero attached hydrogens (tertiary/aromatic N) is 3. The van der Waals surface area contributed by atoms with Gasteiger partial charge in [0.2, 0.25) is 0 Å². The number of aromatic carboxylic acids is 1. The molecular weight excluding hydrogens is 230 g/mol. The van der Waals surface area contributed by atoms with E-state index in [9.17, 15) is 4.79 Å². The van der Waals surface area contributed by atoms with Crippen molar-refractivity contribution in [3.8, 4) is 6.07 Å². The van der Waals surface area contributed by atoms with Crippen LogP contribution in [0, 0.1) is 17.2 Å². The molecule has 1 N–H and O–H groups in total. The van der Waals surface area contributed by atoms with Crippen LogP contribution in [0.15, 0.2) is 18.3 Å². The summed E-state index contributed by atoms with van der Waals surface area (Å²) in [4.78, 5) is 16.7. The summed E-state index contributed by atoms with van der Waals surface area (Å²) < 4.78 is 0. The maximum Gasteiger partial charge on any atom is 0.354 e.